The van der Waals surface area contributed by atoms with Gasteiger partial charge in [-0.1, -0.05) is 23.2 Å². The lowest BCUT2D eigenvalue weighted by molar-refractivity contribution is -0.266. The van der Waals surface area contributed by atoms with Crippen LogP contribution in [0, 0.1) is 6.92 Å². The third-order valence-electron chi connectivity index (χ3n) is 3.97. The predicted molar refractivity (Wildman–Crippen MR) is 97.8 cm³/mol. The number of carboxylic acids is 1. The SMILES string of the molecule is Cc1cc(NC(=O)CC(O)(c2cc(Cl)cc(Cl)c2)C(F)(F)F)ccc1C(=O)O. The number of anilines is 1. The van der Waals surface area contributed by atoms with Gasteiger partial charge in [0.25, 0.3) is 0 Å². The molecule has 0 heterocycles. The number of amides is 1. The number of nitrogens with one attached hydrogen (secondary N) is 1. The van der Waals surface area contributed by atoms with Gasteiger partial charge in [-0.3, -0.25) is 4.79 Å². The van der Waals surface area contributed by atoms with Crippen LogP contribution in [0.25, 0.3) is 0 Å². The van der Waals surface area contributed by atoms with Crippen LogP contribution < -0.4 is 5.32 Å². The molecule has 1 amide bonds. The summed E-state index contributed by atoms with van der Waals surface area (Å²) in [6.45, 7) is 1.47. The monoisotopic (exact) mass is 435 g/mol. The molecule has 0 fully saturated rings. The summed E-state index contributed by atoms with van der Waals surface area (Å²) in [6.07, 6.45) is -6.55. The Bertz CT molecular complexity index is 913. The van der Waals surface area contributed by atoms with E-state index < -0.39 is 35.6 Å². The first kappa shape index (κ1) is 22.0. The fourth-order valence-electron chi connectivity index (χ4n) is 2.58. The number of carbonyl (C=O) groups excluding carboxylic acids is 1. The van der Waals surface area contributed by atoms with E-state index in [1.54, 1.807) is 0 Å². The van der Waals surface area contributed by atoms with Crippen LogP contribution in [0.2, 0.25) is 10.0 Å². The van der Waals surface area contributed by atoms with Crippen molar-refractivity contribution in [3.63, 3.8) is 0 Å². The van der Waals surface area contributed by atoms with Gasteiger partial charge < -0.3 is 15.5 Å². The minimum absolute atomic E-state index is 0.0154. The van der Waals surface area contributed by atoms with Gasteiger partial charge in [-0.15, -0.1) is 0 Å². The molecule has 2 aromatic rings. The van der Waals surface area contributed by atoms with Crippen LogP contribution in [0.5, 0.6) is 0 Å². The van der Waals surface area contributed by atoms with Gasteiger partial charge in [-0.25, -0.2) is 4.79 Å². The zero-order chi connectivity index (χ0) is 21.3. The topological polar surface area (TPSA) is 86.6 Å². The number of carboxylic acid groups (broad SMARTS) is 1. The summed E-state index contributed by atoms with van der Waals surface area (Å²) in [5.74, 6) is -2.32. The van der Waals surface area contributed by atoms with Gasteiger partial charge >= 0.3 is 12.1 Å². The molecule has 2 rings (SSSR count). The first-order valence-electron chi connectivity index (χ1n) is 7.73. The lowest BCUT2D eigenvalue weighted by Gasteiger charge is -2.30. The second-order valence-electron chi connectivity index (χ2n) is 6.08. The third kappa shape index (κ3) is 4.76. The van der Waals surface area contributed by atoms with Gasteiger partial charge in [-0.2, -0.15) is 13.2 Å². The van der Waals surface area contributed by atoms with Gasteiger partial charge in [0.2, 0.25) is 5.91 Å². The Morgan fingerprint density at radius 2 is 1.64 bits per heavy atom. The van der Waals surface area contributed by atoms with Crippen LogP contribution >= 0.6 is 23.2 Å². The Hall–Kier alpha value is -2.29. The third-order valence-corrected chi connectivity index (χ3v) is 4.40. The quantitative estimate of drug-likeness (QED) is 0.630. The molecule has 5 nitrogen and oxygen atoms in total. The largest absolute Gasteiger partial charge is 0.478 e. The number of aromatic carboxylic acids is 1. The Morgan fingerprint density at radius 1 is 1.07 bits per heavy atom. The Morgan fingerprint density at radius 3 is 2.11 bits per heavy atom. The number of aryl methyl sites for hydroxylation is 1. The van der Waals surface area contributed by atoms with Crippen LogP contribution in [-0.2, 0) is 10.4 Å². The lowest BCUT2D eigenvalue weighted by Crippen LogP contribution is -2.45. The number of hydrogen-bond acceptors (Lipinski definition) is 3. The number of rotatable bonds is 5. The van der Waals surface area contributed by atoms with Crippen molar-refractivity contribution in [2.24, 2.45) is 0 Å². The van der Waals surface area contributed by atoms with Crippen molar-refractivity contribution >= 4 is 40.8 Å². The first-order chi connectivity index (χ1) is 12.8. The molecule has 10 heteroatoms. The highest BCUT2D eigenvalue weighted by molar-refractivity contribution is 6.34. The summed E-state index contributed by atoms with van der Waals surface area (Å²) in [4.78, 5) is 23.2. The van der Waals surface area contributed by atoms with Crippen molar-refractivity contribution < 1.29 is 33.0 Å². The van der Waals surface area contributed by atoms with Crippen molar-refractivity contribution in [1.29, 1.82) is 0 Å². The summed E-state index contributed by atoms with van der Waals surface area (Å²) in [7, 11) is 0. The summed E-state index contributed by atoms with van der Waals surface area (Å²) in [6, 6.07) is 6.68. The summed E-state index contributed by atoms with van der Waals surface area (Å²) in [5, 5.41) is 21.2. The lowest BCUT2D eigenvalue weighted by atomic mass is 9.89. The van der Waals surface area contributed by atoms with Crippen molar-refractivity contribution in [3.05, 3.63) is 63.1 Å². The van der Waals surface area contributed by atoms with Gasteiger partial charge in [0.05, 0.1) is 12.0 Å². The summed E-state index contributed by atoms with van der Waals surface area (Å²) < 4.78 is 40.7. The smallest absolute Gasteiger partial charge is 0.421 e. The number of hydrogen-bond donors (Lipinski definition) is 3. The molecule has 150 valence electrons. The molecule has 0 bridgehead atoms. The van der Waals surface area contributed by atoms with E-state index in [9.17, 15) is 27.9 Å². The number of aliphatic hydroxyl groups is 1. The molecule has 28 heavy (non-hydrogen) atoms. The molecule has 0 saturated heterocycles. The first-order valence-corrected chi connectivity index (χ1v) is 8.48. The molecule has 0 radical (unpaired) electrons. The van der Waals surface area contributed by atoms with Gasteiger partial charge in [0.15, 0.2) is 5.60 Å². The van der Waals surface area contributed by atoms with Crippen molar-refractivity contribution in [2.45, 2.75) is 25.1 Å². The fraction of sp³-hybridized carbons (Fsp3) is 0.222. The number of alkyl halides is 3. The average molecular weight is 436 g/mol. The molecule has 0 aromatic heterocycles. The summed E-state index contributed by atoms with van der Waals surface area (Å²) >= 11 is 11.4. The van der Waals surface area contributed by atoms with E-state index in [1.165, 1.54) is 31.2 Å². The maximum atomic E-state index is 13.6. The Kier molecular flexibility index (Phi) is 6.27. The average Bonchev–Trinajstić information content (AvgIpc) is 2.52. The predicted octanol–water partition coefficient (Wildman–Crippen LogP) is 4.78. The number of halogens is 5. The van der Waals surface area contributed by atoms with E-state index in [-0.39, 0.29) is 21.3 Å². The molecule has 0 aliphatic heterocycles. The van der Waals surface area contributed by atoms with Crippen LogP contribution in [0.1, 0.15) is 27.9 Å². The Labute approximate surface area is 167 Å². The second-order valence-corrected chi connectivity index (χ2v) is 6.95. The van der Waals surface area contributed by atoms with Gasteiger partial charge in [0.1, 0.15) is 0 Å². The van der Waals surface area contributed by atoms with E-state index in [0.717, 1.165) is 12.1 Å². The molecule has 1 unspecified atom stereocenters. The molecular weight excluding hydrogens is 422 g/mol. The van der Waals surface area contributed by atoms with Gasteiger partial charge in [0, 0.05) is 15.7 Å². The minimum Gasteiger partial charge on any atom is -0.478 e. The van der Waals surface area contributed by atoms with Crippen molar-refractivity contribution in [2.75, 3.05) is 5.32 Å². The Balaban J connectivity index is 2.31. The minimum atomic E-state index is -5.19. The van der Waals surface area contributed by atoms with Crippen LogP contribution in [0.4, 0.5) is 18.9 Å². The van der Waals surface area contributed by atoms with Crippen LogP contribution in [0.15, 0.2) is 36.4 Å². The molecule has 1 atom stereocenters. The zero-order valence-corrected chi connectivity index (χ0v) is 15.8. The van der Waals surface area contributed by atoms with Crippen LogP contribution in [0.3, 0.4) is 0 Å². The van der Waals surface area contributed by atoms with Crippen molar-refractivity contribution in [1.82, 2.24) is 0 Å². The van der Waals surface area contributed by atoms with E-state index in [2.05, 4.69) is 5.32 Å². The zero-order valence-electron chi connectivity index (χ0n) is 14.3. The van der Waals surface area contributed by atoms with E-state index in [1.807, 2.05) is 0 Å². The highest BCUT2D eigenvalue weighted by Crippen LogP contribution is 2.43. The molecule has 0 aliphatic rings. The van der Waals surface area contributed by atoms with E-state index in [4.69, 9.17) is 28.3 Å². The number of carbonyl (C=O) groups is 2. The molecule has 3 N–H and O–H groups in total. The highest BCUT2D eigenvalue weighted by atomic mass is 35.5. The molecule has 2 aromatic carbocycles. The van der Waals surface area contributed by atoms with Gasteiger partial charge in [-0.05, 0) is 54.4 Å². The van der Waals surface area contributed by atoms with E-state index in [0.29, 0.717) is 5.56 Å². The number of benzene rings is 2. The molecule has 0 saturated carbocycles. The molecular formula is C18H14Cl2F3NO4. The maximum Gasteiger partial charge on any atom is 0.421 e. The summed E-state index contributed by atoms with van der Waals surface area (Å²) in [5.41, 5.74) is -3.83. The van der Waals surface area contributed by atoms with E-state index >= 15 is 0 Å². The normalized spacial score (nSPS) is 13.7. The second kappa shape index (κ2) is 7.98. The van der Waals surface area contributed by atoms with Crippen LogP contribution in [-0.4, -0.2) is 28.3 Å². The fourth-order valence-corrected chi connectivity index (χ4v) is 3.10. The standard InChI is InChI=1S/C18H14Cl2F3NO4/c1-9-4-13(2-3-14(9)16(26)27)24-15(25)8-17(28,18(21,22)23)10-5-11(19)7-12(20)6-10/h2-7,28H,8H2,1H3,(H,24,25)(H,26,27). The molecule has 0 aliphatic carbocycles. The maximum absolute atomic E-state index is 13.6. The highest BCUT2D eigenvalue weighted by Gasteiger charge is 2.56. The van der Waals surface area contributed by atoms with Crippen molar-refractivity contribution in [3.8, 4) is 0 Å². The molecule has 0 spiro atoms.